The normalized spacial score (nSPS) is 17.2. The molecule has 0 aliphatic carbocycles. The molecule has 1 saturated heterocycles. The van der Waals surface area contributed by atoms with Gasteiger partial charge in [-0.05, 0) is 47.7 Å². The van der Waals surface area contributed by atoms with E-state index in [0.29, 0.717) is 12.3 Å². The first-order chi connectivity index (χ1) is 21.1. The summed E-state index contributed by atoms with van der Waals surface area (Å²) in [6.45, 7) is 4.21. The summed E-state index contributed by atoms with van der Waals surface area (Å²) in [5.74, 6) is -0.00990. The molecule has 4 rings (SSSR count). The van der Waals surface area contributed by atoms with Gasteiger partial charge in [0.15, 0.2) is 6.10 Å². The van der Waals surface area contributed by atoms with Crippen molar-refractivity contribution in [2.24, 2.45) is 5.92 Å². The highest BCUT2D eigenvalue weighted by molar-refractivity contribution is 7.89. The van der Waals surface area contributed by atoms with Crippen LogP contribution in [0.1, 0.15) is 31.4 Å². The molecular weight excluding hydrogens is 582 g/mol. The molecule has 11 heteroatoms. The van der Waals surface area contributed by atoms with E-state index in [1.165, 1.54) is 28.4 Å². The number of benzene rings is 3. The lowest BCUT2D eigenvalue weighted by molar-refractivity contribution is -0.129. The summed E-state index contributed by atoms with van der Waals surface area (Å²) in [6.07, 6.45) is -1.97. The number of amides is 2. The Kier molecular flexibility index (Phi) is 11.4. The quantitative estimate of drug-likeness (QED) is 0.264. The monoisotopic (exact) mass is 623 g/mol. The van der Waals surface area contributed by atoms with Crippen LogP contribution in [0.3, 0.4) is 0 Å². The molecule has 1 heterocycles. The lowest BCUT2D eigenvalue weighted by Gasteiger charge is -2.31. The molecule has 10 nitrogen and oxygen atoms in total. The zero-order valence-corrected chi connectivity index (χ0v) is 26.2. The van der Waals surface area contributed by atoms with Crippen LogP contribution in [0.25, 0.3) is 0 Å². The largest absolute Gasteiger partial charge is 0.497 e. The average molecular weight is 624 g/mol. The first-order valence-electron chi connectivity index (χ1n) is 14.8. The van der Waals surface area contributed by atoms with Crippen LogP contribution in [0.5, 0.6) is 5.75 Å². The second kappa shape index (κ2) is 15.2. The van der Waals surface area contributed by atoms with Crippen LogP contribution in [-0.2, 0) is 32.5 Å². The molecule has 0 aromatic heterocycles. The Morgan fingerprint density at radius 3 is 2.23 bits per heavy atom. The van der Waals surface area contributed by atoms with Crippen molar-refractivity contribution in [3.8, 4) is 5.75 Å². The van der Waals surface area contributed by atoms with Gasteiger partial charge < -0.3 is 19.9 Å². The first kappa shape index (κ1) is 33.0. The van der Waals surface area contributed by atoms with E-state index in [1.54, 1.807) is 12.1 Å². The summed E-state index contributed by atoms with van der Waals surface area (Å²) in [4.78, 5) is 27.5. The van der Waals surface area contributed by atoms with Crippen molar-refractivity contribution >= 4 is 22.0 Å². The lowest BCUT2D eigenvalue weighted by Crippen LogP contribution is -2.53. The Balaban J connectivity index is 1.53. The van der Waals surface area contributed by atoms with E-state index in [9.17, 15) is 23.1 Å². The van der Waals surface area contributed by atoms with Crippen LogP contribution < -0.4 is 10.1 Å². The van der Waals surface area contributed by atoms with Crippen molar-refractivity contribution in [3.05, 3.63) is 96.1 Å². The summed E-state index contributed by atoms with van der Waals surface area (Å²) >= 11 is 0. The van der Waals surface area contributed by atoms with Crippen molar-refractivity contribution in [1.29, 1.82) is 0 Å². The lowest BCUT2D eigenvalue weighted by atomic mass is 10.0. The third-order valence-electron chi connectivity index (χ3n) is 7.79. The van der Waals surface area contributed by atoms with Gasteiger partial charge in [-0.15, -0.1) is 0 Å². The molecule has 3 aromatic rings. The van der Waals surface area contributed by atoms with Crippen LogP contribution in [0.2, 0.25) is 0 Å². The number of carbonyl (C=O) groups excluding carboxylic acids is 2. The summed E-state index contributed by atoms with van der Waals surface area (Å²) < 4.78 is 39.4. The minimum absolute atomic E-state index is 0.0193. The highest BCUT2D eigenvalue weighted by atomic mass is 32.2. The summed E-state index contributed by atoms with van der Waals surface area (Å²) in [6, 6.07) is 23.9. The van der Waals surface area contributed by atoms with E-state index in [1.807, 2.05) is 74.5 Å². The first-order valence-corrected chi connectivity index (χ1v) is 16.2. The van der Waals surface area contributed by atoms with E-state index in [4.69, 9.17) is 9.47 Å². The SMILES string of the molecule is CC[C@@H](C)CN(C[C@@H](O)C(Cc1ccccc1)NC(=O)C1CN(Cc2ccccc2)C(=O)O1)S(=O)(=O)c1ccc(OC)cc1. The minimum atomic E-state index is -3.99. The molecule has 2 unspecified atom stereocenters. The molecule has 3 aromatic carbocycles. The molecule has 1 aliphatic heterocycles. The summed E-state index contributed by atoms with van der Waals surface area (Å²) in [7, 11) is -2.49. The number of cyclic esters (lactones) is 1. The molecule has 2 N–H and O–H groups in total. The third kappa shape index (κ3) is 8.58. The maximum Gasteiger partial charge on any atom is 0.411 e. The molecule has 4 atom stereocenters. The smallest absolute Gasteiger partial charge is 0.411 e. The van der Waals surface area contributed by atoms with Crippen LogP contribution in [0.4, 0.5) is 4.79 Å². The zero-order chi connectivity index (χ0) is 31.7. The molecule has 236 valence electrons. The van der Waals surface area contributed by atoms with E-state index in [0.717, 1.165) is 17.5 Å². The molecular formula is C33H41N3O7S. The van der Waals surface area contributed by atoms with Gasteiger partial charge >= 0.3 is 6.09 Å². The number of aliphatic hydroxyl groups excluding tert-OH is 1. The van der Waals surface area contributed by atoms with E-state index >= 15 is 0 Å². The van der Waals surface area contributed by atoms with Crippen LogP contribution in [0.15, 0.2) is 89.8 Å². The highest BCUT2D eigenvalue weighted by Gasteiger charge is 2.38. The number of nitrogens with one attached hydrogen (secondary N) is 1. The van der Waals surface area contributed by atoms with Crippen molar-refractivity contribution < 1.29 is 32.6 Å². The maximum atomic E-state index is 13.8. The molecule has 1 aliphatic rings. The van der Waals surface area contributed by atoms with Gasteiger partial charge in [-0.2, -0.15) is 4.31 Å². The van der Waals surface area contributed by atoms with Crippen LogP contribution in [0, 0.1) is 5.92 Å². The molecule has 44 heavy (non-hydrogen) atoms. The van der Waals surface area contributed by atoms with E-state index in [2.05, 4.69) is 5.32 Å². The number of hydrogen-bond donors (Lipinski definition) is 2. The third-order valence-corrected chi connectivity index (χ3v) is 9.63. The molecule has 0 saturated carbocycles. The predicted octanol–water partition coefficient (Wildman–Crippen LogP) is 3.84. The van der Waals surface area contributed by atoms with Gasteiger partial charge in [-0.3, -0.25) is 9.69 Å². The van der Waals surface area contributed by atoms with E-state index in [-0.39, 0.29) is 36.9 Å². The second-order valence-electron chi connectivity index (χ2n) is 11.1. The van der Waals surface area contributed by atoms with Crippen LogP contribution >= 0.6 is 0 Å². The van der Waals surface area contributed by atoms with Gasteiger partial charge in [-0.25, -0.2) is 13.2 Å². The number of hydrogen-bond acceptors (Lipinski definition) is 7. The Morgan fingerprint density at radius 1 is 1.02 bits per heavy atom. The predicted molar refractivity (Wildman–Crippen MR) is 166 cm³/mol. The maximum absolute atomic E-state index is 13.8. The van der Waals surface area contributed by atoms with Crippen LogP contribution in [-0.4, -0.2) is 79.7 Å². The summed E-state index contributed by atoms with van der Waals surface area (Å²) in [5.41, 5.74) is 1.75. The number of ether oxygens (including phenoxy) is 2. The Morgan fingerprint density at radius 2 is 1.64 bits per heavy atom. The van der Waals surface area contributed by atoms with Crippen molar-refractivity contribution in [1.82, 2.24) is 14.5 Å². The highest BCUT2D eigenvalue weighted by Crippen LogP contribution is 2.23. The molecule has 0 spiro atoms. The number of methoxy groups -OCH3 is 1. The van der Waals surface area contributed by atoms with Gasteiger partial charge in [-0.1, -0.05) is 80.9 Å². The zero-order valence-electron chi connectivity index (χ0n) is 25.3. The van der Waals surface area contributed by atoms with Gasteiger partial charge in [0.2, 0.25) is 10.0 Å². The fourth-order valence-electron chi connectivity index (χ4n) is 4.98. The number of sulfonamides is 1. The van der Waals surface area contributed by atoms with Crippen molar-refractivity contribution in [3.63, 3.8) is 0 Å². The van der Waals surface area contributed by atoms with Gasteiger partial charge in [0.05, 0.1) is 30.7 Å². The number of carbonyl (C=O) groups is 2. The second-order valence-corrected chi connectivity index (χ2v) is 13.1. The fourth-order valence-corrected chi connectivity index (χ4v) is 6.56. The minimum Gasteiger partial charge on any atom is -0.497 e. The van der Waals surface area contributed by atoms with Crippen molar-refractivity contribution in [2.75, 3.05) is 26.7 Å². The number of aliphatic hydroxyl groups is 1. The van der Waals surface area contributed by atoms with Crippen molar-refractivity contribution in [2.45, 2.75) is 56.4 Å². The van der Waals surface area contributed by atoms with Gasteiger partial charge in [0, 0.05) is 19.6 Å². The Labute approximate surface area is 259 Å². The average Bonchev–Trinajstić information content (AvgIpc) is 3.40. The molecule has 0 bridgehead atoms. The molecule has 1 fully saturated rings. The Bertz CT molecular complexity index is 1470. The molecule has 2 amide bonds. The number of rotatable bonds is 15. The summed E-state index contributed by atoms with van der Waals surface area (Å²) in [5, 5.41) is 14.4. The molecule has 0 radical (unpaired) electrons. The van der Waals surface area contributed by atoms with Gasteiger partial charge in [0.1, 0.15) is 5.75 Å². The Hall–Kier alpha value is -3.93. The van der Waals surface area contributed by atoms with E-state index < -0.39 is 40.3 Å². The van der Waals surface area contributed by atoms with Gasteiger partial charge in [0.25, 0.3) is 5.91 Å². The standard InChI is InChI=1S/C33H41N3O7S/c1-4-24(2)20-36(44(40,41)28-17-15-27(42-3)16-18-28)22-30(37)29(19-25-11-7-5-8-12-25)34-32(38)31-23-35(33(39)43-31)21-26-13-9-6-10-14-26/h5-18,24,29-31,37H,4,19-23H2,1-3H3,(H,34,38)/t24-,29?,30-,31?/m1/s1. The topological polar surface area (TPSA) is 125 Å². The fraction of sp³-hybridized carbons (Fsp3) is 0.394. The number of nitrogens with zero attached hydrogens (tertiary/aromatic N) is 2.